The molecule has 2 rings (SSSR count). The van der Waals surface area contributed by atoms with E-state index in [1.165, 1.54) is 17.7 Å². The molecule has 0 radical (unpaired) electrons. The van der Waals surface area contributed by atoms with Crippen molar-refractivity contribution in [3.8, 4) is 0 Å². The standard InChI is InChI=1S/C22H29F3NO4P/c23-22(24,25)20-11-9-18(10-12-20)4-2-1-3-17-5-7-19(8-6-17)13-14-21(26,15-27)16-30-31(28)29/h5-12,27-29H,1-4,13-16,26H2. The smallest absolute Gasteiger partial charge is 0.394 e. The van der Waals surface area contributed by atoms with E-state index < -0.39 is 25.9 Å². The predicted octanol–water partition coefficient (Wildman–Crippen LogP) is 4.12. The van der Waals surface area contributed by atoms with Crippen LogP contribution in [0.3, 0.4) is 0 Å². The quantitative estimate of drug-likeness (QED) is 0.283. The highest BCUT2D eigenvalue weighted by Crippen LogP contribution is 2.29. The lowest BCUT2D eigenvalue weighted by Gasteiger charge is -2.27. The molecule has 0 saturated heterocycles. The monoisotopic (exact) mass is 459 g/mol. The first-order valence-corrected chi connectivity index (χ1v) is 11.2. The minimum absolute atomic E-state index is 0.140. The Morgan fingerprint density at radius 2 is 1.26 bits per heavy atom. The average molecular weight is 459 g/mol. The Balaban J connectivity index is 1.73. The van der Waals surface area contributed by atoms with Gasteiger partial charge in [0.05, 0.1) is 24.3 Å². The van der Waals surface area contributed by atoms with Gasteiger partial charge in [-0.2, -0.15) is 13.2 Å². The molecule has 0 amide bonds. The van der Waals surface area contributed by atoms with Gasteiger partial charge in [0.15, 0.2) is 0 Å². The van der Waals surface area contributed by atoms with E-state index in [1.807, 2.05) is 24.3 Å². The summed E-state index contributed by atoms with van der Waals surface area (Å²) in [6, 6.07) is 13.4. The first kappa shape index (κ1) is 25.7. The summed E-state index contributed by atoms with van der Waals surface area (Å²) >= 11 is 0. The maximum Gasteiger partial charge on any atom is 0.416 e. The van der Waals surface area contributed by atoms with E-state index in [0.29, 0.717) is 12.8 Å². The topological polar surface area (TPSA) is 95.9 Å². The number of alkyl halides is 3. The van der Waals surface area contributed by atoms with Crippen molar-refractivity contribution in [1.82, 2.24) is 0 Å². The van der Waals surface area contributed by atoms with Crippen molar-refractivity contribution in [3.05, 3.63) is 70.8 Å². The molecule has 0 fully saturated rings. The molecule has 5 nitrogen and oxygen atoms in total. The van der Waals surface area contributed by atoms with Gasteiger partial charge in [0.1, 0.15) is 0 Å². The van der Waals surface area contributed by atoms with Gasteiger partial charge in [0, 0.05) is 0 Å². The van der Waals surface area contributed by atoms with E-state index in [-0.39, 0.29) is 13.2 Å². The highest BCUT2D eigenvalue weighted by Gasteiger charge is 2.29. The van der Waals surface area contributed by atoms with Crippen LogP contribution in [0, 0.1) is 0 Å². The van der Waals surface area contributed by atoms with Crippen LogP contribution in [0.1, 0.15) is 41.5 Å². The van der Waals surface area contributed by atoms with Crippen molar-refractivity contribution in [2.24, 2.45) is 5.73 Å². The second kappa shape index (κ2) is 11.9. The van der Waals surface area contributed by atoms with Crippen LogP contribution in [0.2, 0.25) is 0 Å². The SMILES string of the molecule is NC(CO)(CCc1ccc(CCCCc2ccc(C(F)(F)F)cc2)cc1)COP(O)O. The maximum atomic E-state index is 12.6. The number of nitrogens with two attached hydrogens (primary N) is 1. The van der Waals surface area contributed by atoms with E-state index >= 15 is 0 Å². The first-order chi connectivity index (χ1) is 14.6. The van der Waals surface area contributed by atoms with Gasteiger partial charge >= 0.3 is 14.8 Å². The van der Waals surface area contributed by atoms with Crippen LogP contribution in [0.5, 0.6) is 0 Å². The van der Waals surface area contributed by atoms with Crippen LogP contribution >= 0.6 is 8.60 Å². The highest BCUT2D eigenvalue weighted by atomic mass is 31.2. The third kappa shape index (κ3) is 9.23. The number of aryl methyl sites for hydroxylation is 3. The molecule has 1 atom stereocenters. The van der Waals surface area contributed by atoms with Crippen molar-refractivity contribution < 1.29 is 32.6 Å². The number of hydrogen-bond acceptors (Lipinski definition) is 5. The molecule has 0 aliphatic carbocycles. The molecule has 2 aromatic carbocycles. The summed E-state index contributed by atoms with van der Waals surface area (Å²) in [6.07, 6.45) is 0.176. The molecule has 31 heavy (non-hydrogen) atoms. The summed E-state index contributed by atoms with van der Waals surface area (Å²) in [6.45, 7) is -0.466. The van der Waals surface area contributed by atoms with Gasteiger partial charge in [-0.05, 0) is 67.3 Å². The van der Waals surface area contributed by atoms with Crippen molar-refractivity contribution in [3.63, 3.8) is 0 Å². The summed E-state index contributed by atoms with van der Waals surface area (Å²) < 4.78 is 42.5. The minimum Gasteiger partial charge on any atom is -0.394 e. The van der Waals surface area contributed by atoms with Crippen LogP contribution in [-0.4, -0.2) is 33.6 Å². The summed E-state index contributed by atoms with van der Waals surface area (Å²) in [7, 11) is -2.50. The van der Waals surface area contributed by atoms with Gasteiger partial charge in [-0.15, -0.1) is 0 Å². The third-order valence-corrected chi connectivity index (χ3v) is 5.54. The number of aliphatic hydroxyl groups is 1. The van der Waals surface area contributed by atoms with Crippen LogP contribution in [-0.2, 0) is 30.0 Å². The lowest BCUT2D eigenvalue weighted by molar-refractivity contribution is -0.137. The molecule has 5 N–H and O–H groups in total. The predicted molar refractivity (Wildman–Crippen MR) is 114 cm³/mol. The van der Waals surface area contributed by atoms with Gasteiger partial charge in [-0.1, -0.05) is 36.4 Å². The zero-order valence-corrected chi connectivity index (χ0v) is 18.1. The third-order valence-electron chi connectivity index (χ3n) is 5.18. The lowest BCUT2D eigenvalue weighted by Crippen LogP contribution is -2.48. The lowest BCUT2D eigenvalue weighted by atomic mass is 9.93. The Kier molecular flexibility index (Phi) is 9.88. The highest BCUT2D eigenvalue weighted by molar-refractivity contribution is 7.39. The van der Waals surface area contributed by atoms with Crippen molar-refractivity contribution in [1.29, 1.82) is 0 Å². The van der Waals surface area contributed by atoms with E-state index in [9.17, 15) is 18.3 Å². The normalized spacial score (nSPS) is 14.1. The number of hydrogen-bond donors (Lipinski definition) is 4. The van der Waals surface area contributed by atoms with Crippen molar-refractivity contribution >= 4 is 8.60 Å². The summed E-state index contributed by atoms with van der Waals surface area (Å²) in [5.41, 5.74) is 7.50. The van der Waals surface area contributed by atoms with E-state index in [2.05, 4.69) is 0 Å². The fourth-order valence-corrected chi connectivity index (χ4v) is 3.54. The fraction of sp³-hybridized carbons (Fsp3) is 0.455. The number of halogens is 3. The fourth-order valence-electron chi connectivity index (χ4n) is 3.17. The molecule has 0 heterocycles. The van der Waals surface area contributed by atoms with E-state index in [1.54, 1.807) is 0 Å². The molecule has 172 valence electrons. The van der Waals surface area contributed by atoms with E-state index in [4.69, 9.17) is 20.0 Å². The Labute approximate surface area is 181 Å². The molecule has 0 aliphatic rings. The molecule has 1 unspecified atom stereocenters. The van der Waals surface area contributed by atoms with Crippen molar-refractivity contribution in [2.75, 3.05) is 13.2 Å². The van der Waals surface area contributed by atoms with Crippen LogP contribution in [0.4, 0.5) is 13.2 Å². The molecule has 0 bridgehead atoms. The molecular weight excluding hydrogens is 430 g/mol. The van der Waals surface area contributed by atoms with Crippen LogP contribution in [0.15, 0.2) is 48.5 Å². The van der Waals surface area contributed by atoms with Crippen LogP contribution < -0.4 is 5.73 Å². The number of benzene rings is 2. The van der Waals surface area contributed by atoms with Gasteiger partial charge in [0.2, 0.25) is 0 Å². The maximum absolute atomic E-state index is 12.6. The Morgan fingerprint density at radius 3 is 1.68 bits per heavy atom. The first-order valence-electron chi connectivity index (χ1n) is 10.1. The zero-order chi connectivity index (χ0) is 22.9. The largest absolute Gasteiger partial charge is 0.416 e. The Morgan fingerprint density at radius 1 is 0.806 bits per heavy atom. The Bertz CT molecular complexity index is 785. The number of unbranched alkanes of at least 4 members (excludes halogenated alkanes) is 1. The molecule has 2 aromatic rings. The second-order valence-electron chi connectivity index (χ2n) is 7.76. The molecule has 0 saturated carbocycles. The molecular formula is C22H29F3NO4P. The zero-order valence-electron chi connectivity index (χ0n) is 17.2. The molecule has 0 spiro atoms. The van der Waals surface area contributed by atoms with E-state index in [0.717, 1.165) is 48.9 Å². The summed E-state index contributed by atoms with van der Waals surface area (Å²) in [4.78, 5) is 17.7. The van der Waals surface area contributed by atoms with Gasteiger partial charge in [-0.3, -0.25) is 0 Å². The van der Waals surface area contributed by atoms with Gasteiger partial charge in [0.25, 0.3) is 0 Å². The molecule has 9 heteroatoms. The number of rotatable bonds is 12. The summed E-state index contributed by atoms with van der Waals surface area (Å²) in [5, 5.41) is 9.46. The average Bonchev–Trinajstić information content (AvgIpc) is 2.74. The van der Waals surface area contributed by atoms with Crippen LogP contribution in [0.25, 0.3) is 0 Å². The summed E-state index contributed by atoms with van der Waals surface area (Å²) in [5.74, 6) is 0. The van der Waals surface area contributed by atoms with Crippen molar-refractivity contribution in [2.45, 2.75) is 50.2 Å². The van der Waals surface area contributed by atoms with Gasteiger partial charge in [-0.25, -0.2) is 0 Å². The minimum atomic E-state index is -4.30. The molecule has 0 aromatic heterocycles. The van der Waals surface area contributed by atoms with Gasteiger partial charge < -0.3 is 25.2 Å². The second-order valence-corrected chi connectivity index (χ2v) is 8.53. The Hall–Kier alpha value is -1.54. The molecule has 0 aliphatic heterocycles. The number of aliphatic hydroxyl groups excluding tert-OH is 1.